The van der Waals surface area contributed by atoms with E-state index in [0.717, 1.165) is 29.9 Å². The number of rotatable bonds is 3. The van der Waals surface area contributed by atoms with Crippen LogP contribution in [0.3, 0.4) is 0 Å². The van der Waals surface area contributed by atoms with E-state index >= 15 is 0 Å². The van der Waals surface area contributed by atoms with Crippen LogP contribution in [0.5, 0.6) is 5.75 Å². The van der Waals surface area contributed by atoms with E-state index in [1.54, 1.807) is 7.11 Å². The number of hydrogen-bond acceptors (Lipinski definition) is 1. The molecule has 5 heteroatoms. The van der Waals surface area contributed by atoms with Crippen LogP contribution in [0.15, 0.2) is 40.9 Å². The molecule has 0 aromatic heterocycles. The minimum absolute atomic E-state index is 0.0329. The average molecular weight is 516 g/mol. The Kier molecular flexibility index (Phi) is 5.57. The molecule has 19 heavy (non-hydrogen) atoms. The predicted octanol–water partition coefficient (Wildman–Crippen LogP) is 6.20. The van der Waals surface area contributed by atoms with Gasteiger partial charge >= 0.3 is 0 Å². The van der Waals surface area contributed by atoms with E-state index in [1.807, 2.05) is 30.3 Å². The topological polar surface area (TPSA) is 9.23 Å². The maximum atomic E-state index is 6.09. The van der Waals surface area contributed by atoms with Crippen molar-refractivity contribution >= 4 is 66.1 Å². The zero-order chi connectivity index (χ0) is 14.0. The summed E-state index contributed by atoms with van der Waals surface area (Å²) in [6.07, 6.45) is 0. The van der Waals surface area contributed by atoms with Crippen LogP contribution >= 0.6 is 66.1 Å². The molecule has 100 valence electrons. The van der Waals surface area contributed by atoms with Crippen LogP contribution in [-0.2, 0) is 0 Å². The molecular formula is C14H10Br2ClIO. The number of methoxy groups -OCH3 is 1. The zero-order valence-electron chi connectivity index (χ0n) is 9.96. The molecule has 0 aliphatic rings. The molecule has 1 atom stereocenters. The lowest BCUT2D eigenvalue weighted by Gasteiger charge is -2.16. The molecule has 0 aliphatic heterocycles. The summed E-state index contributed by atoms with van der Waals surface area (Å²) in [5, 5.41) is 0.730. The highest BCUT2D eigenvalue weighted by molar-refractivity contribution is 14.1. The van der Waals surface area contributed by atoms with Gasteiger partial charge < -0.3 is 4.74 Å². The molecule has 0 aliphatic carbocycles. The van der Waals surface area contributed by atoms with E-state index in [2.05, 4.69) is 60.5 Å². The van der Waals surface area contributed by atoms with E-state index in [1.165, 1.54) is 0 Å². The molecule has 0 saturated carbocycles. The smallest absolute Gasteiger partial charge is 0.123 e. The summed E-state index contributed by atoms with van der Waals surface area (Å²) in [4.78, 5) is 0.0329. The van der Waals surface area contributed by atoms with Gasteiger partial charge in [0.1, 0.15) is 5.75 Å². The van der Waals surface area contributed by atoms with Crippen molar-refractivity contribution in [3.8, 4) is 5.75 Å². The van der Waals surface area contributed by atoms with Crippen LogP contribution in [0.4, 0.5) is 0 Å². The maximum absolute atomic E-state index is 6.09. The molecule has 0 bridgehead atoms. The van der Waals surface area contributed by atoms with Crippen molar-refractivity contribution in [2.45, 2.75) is 4.83 Å². The van der Waals surface area contributed by atoms with Crippen molar-refractivity contribution in [1.82, 2.24) is 0 Å². The van der Waals surface area contributed by atoms with E-state index in [0.29, 0.717) is 0 Å². The summed E-state index contributed by atoms with van der Waals surface area (Å²) in [5.41, 5.74) is 2.20. The molecule has 0 N–H and O–H groups in total. The van der Waals surface area contributed by atoms with Crippen molar-refractivity contribution in [3.05, 3.63) is 60.6 Å². The minimum Gasteiger partial charge on any atom is -0.496 e. The third kappa shape index (κ3) is 3.65. The van der Waals surface area contributed by atoms with Gasteiger partial charge in [-0.3, -0.25) is 0 Å². The molecule has 0 amide bonds. The molecular weight excluding hydrogens is 506 g/mol. The highest BCUT2D eigenvalue weighted by Crippen LogP contribution is 2.40. The second kappa shape index (κ2) is 6.78. The fourth-order valence-corrected chi connectivity index (χ4v) is 4.15. The summed E-state index contributed by atoms with van der Waals surface area (Å²) in [6.45, 7) is 0. The first-order valence-electron chi connectivity index (χ1n) is 5.45. The van der Waals surface area contributed by atoms with Gasteiger partial charge in [0.05, 0.1) is 11.9 Å². The lowest BCUT2D eigenvalue weighted by molar-refractivity contribution is 0.410. The first kappa shape index (κ1) is 15.6. The second-order valence-electron chi connectivity index (χ2n) is 3.91. The Morgan fingerprint density at radius 2 is 1.89 bits per heavy atom. The van der Waals surface area contributed by atoms with Gasteiger partial charge in [-0.2, -0.15) is 0 Å². The van der Waals surface area contributed by atoms with Crippen LogP contribution in [0.1, 0.15) is 16.0 Å². The van der Waals surface area contributed by atoms with Gasteiger partial charge in [-0.1, -0.05) is 43.5 Å². The molecule has 0 heterocycles. The number of hydrogen-bond donors (Lipinski definition) is 0. The van der Waals surface area contributed by atoms with E-state index < -0.39 is 0 Å². The number of halogens is 4. The maximum Gasteiger partial charge on any atom is 0.123 e. The summed E-state index contributed by atoms with van der Waals surface area (Å²) in [7, 11) is 1.68. The first-order valence-corrected chi connectivity index (χ1v) is 8.62. The van der Waals surface area contributed by atoms with Gasteiger partial charge in [-0.05, 0) is 64.6 Å². The first-order chi connectivity index (χ1) is 9.02. The summed E-state index contributed by atoms with van der Waals surface area (Å²) in [6, 6.07) is 11.8. The van der Waals surface area contributed by atoms with Crippen molar-refractivity contribution in [2.75, 3.05) is 7.11 Å². The SMILES string of the molecule is COc1ccc(Br)cc1C(Br)c1cc(Cl)ccc1I. The van der Waals surface area contributed by atoms with Gasteiger partial charge in [-0.25, -0.2) is 0 Å². The minimum atomic E-state index is 0.0329. The molecule has 0 saturated heterocycles. The van der Waals surface area contributed by atoms with Gasteiger partial charge in [-0.15, -0.1) is 0 Å². The molecule has 1 unspecified atom stereocenters. The van der Waals surface area contributed by atoms with Crippen LogP contribution in [0, 0.1) is 3.57 Å². The highest BCUT2D eigenvalue weighted by Gasteiger charge is 2.18. The van der Waals surface area contributed by atoms with E-state index in [9.17, 15) is 0 Å². The summed E-state index contributed by atoms with van der Waals surface area (Å²) >= 11 is 15.6. The van der Waals surface area contributed by atoms with Crippen molar-refractivity contribution in [2.24, 2.45) is 0 Å². The van der Waals surface area contributed by atoms with Crippen LogP contribution in [0.25, 0.3) is 0 Å². The van der Waals surface area contributed by atoms with Gasteiger partial charge in [0.15, 0.2) is 0 Å². The van der Waals surface area contributed by atoms with Gasteiger partial charge in [0.2, 0.25) is 0 Å². The standard InChI is InChI=1S/C14H10Br2ClIO/c1-19-13-5-2-8(15)6-11(13)14(16)10-7-9(17)3-4-12(10)18/h2-7,14H,1H3. The Balaban J connectivity index is 2.51. The van der Waals surface area contributed by atoms with E-state index in [4.69, 9.17) is 16.3 Å². The Hall–Kier alpha value is 0.220. The van der Waals surface area contributed by atoms with Gasteiger partial charge in [0.25, 0.3) is 0 Å². The van der Waals surface area contributed by atoms with E-state index in [-0.39, 0.29) is 4.83 Å². The fraction of sp³-hybridized carbons (Fsp3) is 0.143. The number of benzene rings is 2. The quantitative estimate of drug-likeness (QED) is 0.349. The summed E-state index contributed by atoms with van der Waals surface area (Å²) in [5.74, 6) is 0.848. The molecule has 2 aromatic carbocycles. The molecule has 0 spiro atoms. The second-order valence-corrected chi connectivity index (χ2v) is 7.34. The Labute approximate surface area is 148 Å². The largest absolute Gasteiger partial charge is 0.496 e. The zero-order valence-corrected chi connectivity index (χ0v) is 16.0. The summed E-state index contributed by atoms with van der Waals surface area (Å²) < 4.78 is 7.60. The molecule has 0 radical (unpaired) electrons. The van der Waals surface area contributed by atoms with Crippen molar-refractivity contribution < 1.29 is 4.74 Å². The normalized spacial score (nSPS) is 12.3. The Bertz CT molecular complexity index is 604. The van der Waals surface area contributed by atoms with Crippen LogP contribution in [0.2, 0.25) is 5.02 Å². The lowest BCUT2D eigenvalue weighted by atomic mass is 10.0. The third-order valence-electron chi connectivity index (χ3n) is 2.70. The highest BCUT2D eigenvalue weighted by atomic mass is 127. The third-order valence-corrected chi connectivity index (χ3v) is 5.39. The molecule has 0 fully saturated rings. The Morgan fingerprint density at radius 3 is 2.58 bits per heavy atom. The molecule has 1 nitrogen and oxygen atoms in total. The predicted molar refractivity (Wildman–Crippen MR) is 95.6 cm³/mol. The number of ether oxygens (including phenoxy) is 1. The average Bonchev–Trinajstić information content (AvgIpc) is 2.40. The monoisotopic (exact) mass is 514 g/mol. The van der Waals surface area contributed by atoms with Crippen LogP contribution < -0.4 is 4.74 Å². The molecule has 2 rings (SSSR count). The Morgan fingerprint density at radius 1 is 1.16 bits per heavy atom. The van der Waals surface area contributed by atoms with Crippen LogP contribution in [-0.4, -0.2) is 7.11 Å². The van der Waals surface area contributed by atoms with Crippen molar-refractivity contribution in [1.29, 1.82) is 0 Å². The number of alkyl halides is 1. The molecule has 2 aromatic rings. The van der Waals surface area contributed by atoms with Gasteiger partial charge in [0, 0.05) is 18.6 Å². The van der Waals surface area contributed by atoms with Crippen molar-refractivity contribution in [3.63, 3.8) is 0 Å². The fourth-order valence-electron chi connectivity index (χ4n) is 1.78. The lowest BCUT2D eigenvalue weighted by Crippen LogP contribution is -1.99.